The van der Waals surface area contributed by atoms with Crippen molar-refractivity contribution >= 4 is 25.8 Å². The summed E-state index contributed by atoms with van der Waals surface area (Å²) in [4.78, 5) is 4.36. The minimum Gasteiger partial charge on any atom is -0.387 e. The lowest BCUT2D eigenvalue weighted by molar-refractivity contribution is 0.420. The van der Waals surface area contributed by atoms with Crippen LogP contribution >= 0.6 is 10.8 Å². The molecule has 0 aliphatic heterocycles. The van der Waals surface area contributed by atoms with E-state index in [0.29, 0.717) is 22.5 Å². The minimum absolute atomic E-state index is 0.0483. The molecule has 92 valence electrons. The summed E-state index contributed by atoms with van der Waals surface area (Å²) in [6.45, 7) is 0. The van der Waals surface area contributed by atoms with Crippen LogP contribution < -0.4 is 5.73 Å². The van der Waals surface area contributed by atoms with Crippen LogP contribution in [0, 0.1) is 11.8 Å². The molecule has 2 rings (SSSR count). The predicted octanol–water partition coefficient (Wildman–Crippen LogP) is 1.07. The SMILES string of the molecule is NC(CSS(=O)(=O)O)=N[C@H]1C[C@H]2CC[C@@H]1C2. The van der Waals surface area contributed by atoms with Crippen molar-refractivity contribution in [2.45, 2.75) is 31.7 Å². The van der Waals surface area contributed by atoms with E-state index in [2.05, 4.69) is 4.99 Å². The van der Waals surface area contributed by atoms with Crippen LogP contribution in [0.25, 0.3) is 0 Å². The van der Waals surface area contributed by atoms with Crippen LogP contribution in [0.1, 0.15) is 25.7 Å². The molecule has 0 radical (unpaired) electrons. The summed E-state index contributed by atoms with van der Waals surface area (Å²) >= 11 is 0. The lowest BCUT2D eigenvalue weighted by Crippen LogP contribution is -2.23. The molecule has 0 spiro atoms. The third-order valence-corrected chi connectivity index (χ3v) is 5.35. The number of hydrogen-bond acceptors (Lipinski definition) is 4. The molecule has 0 aromatic rings. The van der Waals surface area contributed by atoms with Gasteiger partial charge in [0.2, 0.25) is 0 Å². The molecule has 0 saturated heterocycles. The highest BCUT2D eigenvalue weighted by atomic mass is 33.1. The van der Waals surface area contributed by atoms with Crippen LogP contribution in [0.3, 0.4) is 0 Å². The monoisotopic (exact) mass is 264 g/mol. The third-order valence-electron chi connectivity index (χ3n) is 3.39. The molecule has 3 N–H and O–H groups in total. The zero-order valence-electron chi connectivity index (χ0n) is 8.87. The molecule has 2 bridgehead atoms. The molecule has 5 nitrogen and oxygen atoms in total. The van der Waals surface area contributed by atoms with Gasteiger partial charge in [-0.3, -0.25) is 9.55 Å². The van der Waals surface area contributed by atoms with E-state index in [1.54, 1.807) is 0 Å². The van der Waals surface area contributed by atoms with E-state index < -0.39 is 9.15 Å². The van der Waals surface area contributed by atoms with Gasteiger partial charge in [-0.15, -0.1) is 0 Å². The molecule has 0 amide bonds. The largest absolute Gasteiger partial charge is 0.387 e. The van der Waals surface area contributed by atoms with E-state index in [9.17, 15) is 8.42 Å². The third kappa shape index (κ3) is 3.11. The van der Waals surface area contributed by atoms with Gasteiger partial charge in [0.1, 0.15) is 5.84 Å². The Morgan fingerprint density at radius 1 is 1.44 bits per heavy atom. The first-order valence-corrected chi connectivity index (χ1v) is 8.32. The molecule has 16 heavy (non-hydrogen) atoms. The molecule has 0 aromatic carbocycles. The fourth-order valence-electron chi connectivity index (χ4n) is 2.75. The van der Waals surface area contributed by atoms with E-state index in [0.717, 1.165) is 12.3 Å². The summed E-state index contributed by atoms with van der Waals surface area (Å²) in [5, 5.41) is 0. The van der Waals surface area contributed by atoms with Crippen LogP contribution in [0.4, 0.5) is 0 Å². The number of amidine groups is 1. The Bertz CT molecular complexity index is 394. The number of nitrogens with two attached hydrogens (primary N) is 1. The molecule has 3 atom stereocenters. The Morgan fingerprint density at radius 3 is 2.69 bits per heavy atom. The highest BCUT2D eigenvalue weighted by Crippen LogP contribution is 2.45. The number of hydrogen-bond donors (Lipinski definition) is 2. The first kappa shape index (κ1) is 12.2. The standard InChI is InChI=1S/C9H16N2O3S2/c10-9(5-15-16(12,13)14)11-8-4-6-1-2-7(8)3-6/h6-8H,1-5H2,(H2,10,11)(H,12,13,14)/t6-,7+,8-/m0/s1. The second-order valence-electron chi connectivity index (χ2n) is 4.55. The van der Waals surface area contributed by atoms with E-state index >= 15 is 0 Å². The Labute approximate surface area is 99.0 Å². The Balaban J connectivity index is 1.87. The van der Waals surface area contributed by atoms with Crippen molar-refractivity contribution in [3.8, 4) is 0 Å². The Morgan fingerprint density at radius 2 is 2.19 bits per heavy atom. The number of fused-ring (bicyclic) bond motifs is 2. The molecular weight excluding hydrogens is 248 g/mol. The van der Waals surface area contributed by atoms with E-state index in [-0.39, 0.29) is 11.8 Å². The number of nitrogens with zero attached hydrogens (tertiary/aromatic N) is 1. The second-order valence-corrected chi connectivity index (χ2v) is 7.90. The van der Waals surface area contributed by atoms with Gasteiger partial charge in [0.05, 0.1) is 11.8 Å². The summed E-state index contributed by atoms with van der Waals surface area (Å²) < 4.78 is 29.6. The molecular formula is C9H16N2O3S2. The van der Waals surface area contributed by atoms with Crippen molar-refractivity contribution in [1.29, 1.82) is 0 Å². The Kier molecular flexibility index (Phi) is 3.46. The molecule has 0 unspecified atom stereocenters. The average molecular weight is 264 g/mol. The average Bonchev–Trinajstić information content (AvgIpc) is 2.75. The van der Waals surface area contributed by atoms with Crippen molar-refractivity contribution in [1.82, 2.24) is 0 Å². The quantitative estimate of drug-likeness (QED) is 0.343. The number of rotatable bonds is 4. The van der Waals surface area contributed by atoms with Gasteiger partial charge >= 0.3 is 9.15 Å². The molecule has 0 aromatic heterocycles. The fraction of sp³-hybridized carbons (Fsp3) is 0.889. The van der Waals surface area contributed by atoms with Crippen molar-refractivity contribution < 1.29 is 13.0 Å². The maximum absolute atomic E-state index is 10.5. The zero-order valence-corrected chi connectivity index (χ0v) is 10.5. The van der Waals surface area contributed by atoms with Gasteiger partial charge in [0.15, 0.2) is 0 Å². The highest BCUT2D eigenvalue weighted by molar-refractivity contribution is 8.70. The van der Waals surface area contributed by atoms with E-state index in [1.807, 2.05) is 0 Å². The molecule has 2 fully saturated rings. The smallest absolute Gasteiger partial charge is 0.320 e. The van der Waals surface area contributed by atoms with E-state index in [4.69, 9.17) is 10.3 Å². The van der Waals surface area contributed by atoms with Crippen molar-refractivity contribution in [3.05, 3.63) is 0 Å². The fourth-order valence-corrected chi connectivity index (χ4v) is 3.91. The maximum Gasteiger partial charge on any atom is 0.320 e. The summed E-state index contributed by atoms with van der Waals surface area (Å²) in [5.74, 6) is 1.80. The molecule has 7 heteroatoms. The molecule has 0 heterocycles. The lowest BCUT2D eigenvalue weighted by atomic mass is 9.96. The second kappa shape index (κ2) is 4.54. The van der Waals surface area contributed by atoms with Gasteiger partial charge in [-0.1, -0.05) is 6.42 Å². The minimum atomic E-state index is -4.01. The molecule has 2 aliphatic carbocycles. The van der Waals surface area contributed by atoms with Crippen molar-refractivity contribution in [3.63, 3.8) is 0 Å². The van der Waals surface area contributed by atoms with Crippen molar-refractivity contribution in [2.24, 2.45) is 22.6 Å². The highest BCUT2D eigenvalue weighted by Gasteiger charge is 2.39. The van der Waals surface area contributed by atoms with Crippen LogP contribution in [-0.4, -0.2) is 30.6 Å². The topological polar surface area (TPSA) is 92.8 Å². The van der Waals surface area contributed by atoms with Crippen LogP contribution in [-0.2, 0) is 9.15 Å². The van der Waals surface area contributed by atoms with Crippen LogP contribution in [0.15, 0.2) is 4.99 Å². The van der Waals surface area contributed by atoms with Gasteiger partial charge in [0, 0.05) is 10.8 Å². The van der Waals surface area contributed by atoms with Crippen molar-refractivity contribution in [2.75, 3.05) is 5.75 Å². The first-order chi connectivity index (χ1) is 7.44. The summed E-state index contributed by atoms with van der Waals surface area (Å²) in [5.41, 5.74) is 5.65. The lowest BCUT2D eigenvalue weighted by Gasteiger charge is -2.17. The first-order valence-electron chi connectivity index (χ1n) is 5.38. The predicted molar refractivity (Wildman–Crippen MR) is 64.9 cm³/mol. The van der Waals surface area contributed by atoms with Gasteiger partial charge < -0.3 is 5.73 Å². The number of aliphatic imine (C=N–C) groups is 1. The summed E-state index contributed by atoms with van der Waals surface area (Å²) in [6.07, 6.45) is 4.85. The van der Waals surface area contributed by atoms with Gasteiger partial charge in [-0.05, 0) is 31.1 Å². The summed E-state index contributed by atoms with van der Waals surface area (Å²) in [6, 6.07) is 0.278. The molecule has 2 saturated carbocycles. The molecule has 2 aliphatic rings. The Hall–Kier alpha value is -0.270. The summed E-state index contributed by atoms with van der Waals surface area (Å²) in [7, 11) is -3.59. The van der Waals surface area contributed by atoms with E-state index in [1.165, 1.54) is 19.3 Å². The van der Waals surface area contributed by atoms with Crippen LogP contribution in [0.5, 0.6) is 0 Å². The van der Waals surface area contributed by atoms with Crippen LogP contribution in [0.2, 0.25) is 0 Å². The normalized spacial score (nSPS) is 34.6. The van der Waals surface area contributed by atoms with Gasteiger partial charge in [0.25, 0.3) is 0 Å². The zero-order chi connectivity index (χ0) is 11.8. The maximum atomic E-state index is 10.5. The van der Waals surface area contributed by atoms with Gasteiger partial charge in [-0.25, -0.2) is 0 Å². The van der Waals surface area contributed by atoms with Gasteiger partial charge in [-0.2, -0.15) is 8.42 Å².